The van der Waals surface area contributed by atoms with Crippen LogP contribution in [0.4, 0.5) is 11.4 Å². The first-order chi connectivity index (χ1) is 14.5. The summed E-state index contributed by atoms with van der Waals surface area (Å²) in [5.74, 6) is 0.310. The maximum absolute atomic E-state index is 12.5. The Morgan fingerprint density at radius 1 is 0.933 bits per heavy atom. The summed E-state index contributed by atoms with van der Waals surface area (Å²) in [6.45, 7) is 0.463. The van der Waals surface area contributed by atoms with E-state index in [0.29, 0.717) is 28.5 Å². The van der Waals surface area contributed by atoms with Gasteiger partial charge in [-0.2, -0.15) is 0 Å². The molecule has 0 spiro atoms. The molecule has 0 radical (unpaired) electrons. The van der Waals surface area contributed by atoms with E-state index < -0.39 is 0 Å². The van der Waals surface area contributed by atoms with Gasteiger partial charge in [-0.15, -0.1) is 0 Å². The van der Waals surface area contributed by atoms with Crippen LogP contribution in [0.1, 0.15) is 15.9 Å². The summed E-state index contributed by atoms with van der Waals surface area (Å²) in [5, 5.41) is 9.33. The molecule has 6 nitrogen and oxygen atoms in total. The zero-order chi connectivity index (χ0) is 21.3. The van der Waals surface area contributed by atoms with Crippen molar-refractivity contribution in [3.05, 3.63) is 88.9 Å². The van der Waals surface area contributed by atoms with Crippen molar-refractivity contribution in [1.82, 2.24) is 5.32 Å². The summed E-state index contributed by atoms with van der Waals surface area (Å²) in [6.07, 6.45) is 0. The molecule has 2 amide bonds. The van der Waals surface area contributed by atoms with Crippen molar-refractivity contribution in [2.24, 2.45) is 0 Å². The van der Waals surface area contributed by atoms with E-state index in [1.165, 1.54) is 0 Å². The van der Waals surface area contributed by atoms with Crippen LogP contribution in [0.2, 0.25) is 5.02 Å². The van der Waals surface area contributed by atoms with Crippen molar-refractivity contribution >= 4 is 34.8 Å². The van der Waals surface area contributed by atoms with Crippen molar-refractivity contribution in [3.63, 3.8) is 0 Å². The lowest BCUT2D eigenvalue weighted by atomic mass is 10.2. The Labute approximate surface area is 180 Å². The number of methoxy groups -OCH3 is 1. The highest BCUT2D eigenvalue weighted by molar-refractivity contribution is 6.30. The van der Waals surface area contributed by atoms with Crippen LogP contribution in [0, 0.1) is 0 Å². The zero-order valence-electron chi connectivity index (χ0n) is 16.4. The highest BCUT2D eigenvalue weighted by Gasteiger charge is 2.10. The number of benzene rings is 3. The van der Waals surface area contributed by atoms with Gasteiger partial charge in [-0.25, -0.2) is 0 Å². The van der Waals surface area contributed by atoms with E-state index in [-0.39, 0.29) is 18.4 Å². The quantitative estimate of drug-likeness (QED) is 0.504. The number of ether oxygens (including phenoxy) is 1. The predicted octanol–water partition coefficient (Wildman–Crippen LogP) is 4.33. The fourth-order valence-corrected chi connectivity index (χ4v) is 2.89. The molecule has 7 heteroatoms. The molecular formula is C23H22ClN3O3. The molecule has 0 saturated carbocycles. The minimum Gasteiger partial charge on any atom is -0.497 e. The second-order valence-corrected chi connectivity index (χ2v) is 6.92. The number of carbonyl (C=O) groups is 2. The van der Waals surface area contributed by atoms with E-state index in [1.807, 2.05) is 36.4 Å². The number of nitrogens with one attached hydrogen (secondary N) is 3. The molecule has 0 bridgehead atoms. The van der Waals surface area contributed by atoms with E-state index in [9.17, 15) is 9.59 Å². The molecule has 0 saturated heterocycles. The molecule has 0 atom stereocenters. The summed E-state index contributed by atoms with van der Waals surface area (Å²) >= 11 is 5.87. The highest BCUT2D eigenvalue weighted by atomic mass is 35.5. The summed E-state index contributed by atoms with van der Waals surface area (Å²) in [4.78, 5) is 24.7. The first-order valence-corrected chi connectivity index (χ1v) is 9.72. The van der Waals surface area contributed by atoms with Crippen LogP contribution in [-0.2, 0) is 11.3 Å². The molecule has 0 aliphatic carbocycles. The first kappa shape index (κ1) is 21.2. The number of hydrogen-bond donors (Lipinski definition) is 3. The molecule has 3 N–H and O–H groups in total. The standard InChI is InChI=1S/C23H22ClN3O3/c1-30-19-6-4-5-16(13-19)14-26-22(28)15-25-20-7-2-3-8-21(20)27-23(29)17-9-11-18(24)12-10-17/h2-13,25H,14-15H2,1H3,(H,26,28)(H,27,29). The average molecular weight is 424 g/mol. The third-order valence-electron chi connectivity index (χ3n) is 4.34. The molecule has 0 aromatic heterocycles. The smallest absolute Gasteiger partial charge is 0.255 e. The predicted molar refractivity (Wildman–Crippen MR) is 119 cm³/mol. The van der Waals surface area contributed by atoms with E-state index in [0.717, 1.165) is 11.3 Å². The van der Waals surface area contributed by atoms with Gasteiger partial charge in [0.05, 0.1) is 25.0 Å². The SMILES string of the molecule is COc1cccc(CNC(=O)CNc2ccccc2NC(=O)c2ccc(Cl)cc2)c1. The van der Waals surface area contributed by atoms with Crippen molar-refractivity contribution in [1.29, 1.82) is 0 Å². The minimum atomic E-state index is -0.261. The molecule has 0 aliphatic rings. The van der Waals surface area contributed by atoms with Crippen LogP contribution in [0.5, 0.6) is 5.75 Å². The van der Waals surface area contributed by atoms with Crippen molar-refractivity contribution < 1.29 is 14.3 Å². The topological polar surface area (TPSA) is 79.5 Å². The van der Waals surface area contributed by atoms with E-state index in [1.54, 1.807) is 43.5 Å². The van der Waals surface area contributed by atoms with Gasteiger partial charge < -0.3 is 20.7 Å². The molecule has 3 rings (SSSR count). The lowest BCUT2D eigenvalue weighted by Crippen LogP contribution is -2.29. The molecule has 3 aromatic rings. The largest absolute Gasteiger partial charge is 0.497 e. The molecule has 0 unspecified atom stereocenters. The molecular weight excluding hydrogens is 402 g/mol. The Bertz CT molecular complexity index is 1020. The van der Waals surface area contributed by atoms with Crippen LogP contribution >= 0.6 is 11.6 Å². The summed E-state index contributed by atoms with van der Waals surface area (Å²) in [7, 11) is 1.60. The highest BCUT2D eigenvalue weighted by Crippen LogP contribution is 2.22. The van der Waals surface area contributed by atoms with Crippen LogP contribution in [0.3, 0.4) is 0 Å². The van der Waals surface area contributed by atoms with Gasteiger partial charge >= 0.3 is 0 Å². The molecule has 0 fully saturated rings. The Kier molecular flexibility index (Phi) is 7.29. The van der Waals surface area contributed by atoms with E-state index in [4.69, 9.17) is 16.3 Å². The molecule has 0 heterocycles. The first-order valence-electron chi connectivity index (χ1n) is 9.34. The zero-order valence-corrected chi connectivity index (χ0v) is 17.2. The normalized spacial score (nSPS) is 10.2. The van der Waals surface area contributed by atoms with Gasteiger partial charge in [-0.1, -0.05) is 35.9 Å². The summed E-state index contributed by atoms with van der Waals surface area (Å²) < 4.78 is 5.18. The second-order valence-electron chi connectivity index (χ2n) is 6.49. The van der Waals surface area contributed by atoms with Crippen LogP contribution in [0.15, 0.2) is 72.8 Å². The average Bonchev–Trinajstić information content (AvgIpc) is 2.77. The monoisotopic (exact) mass is 423 g/mol. The van der Waals surface area contributed by atoms with Crippen molar-refractivity contribution in [3.8, 4) is 5.75 Å². The number of amides is 2. The lowest BCUT2D eigenvalue weighted by molar-refractivity contribution is -0.119. The van der Waals surface area contributed by atoms with Gasteiger partial charge in [0.1, 0.15) is 5.75 Å². The van der Waals surface area contributed by atoms with Crippen LogP contribution in [0.25, 0.3) is 0 Å². The van der Waals surface area contributed by atoms with Gasteiger partial charge in [0, 0.05) is 17.1 Å². The fourth-order valence-electron chi connectivity index (χ4n) is 2.76. The Morgan fingerprint density at radius 3 is 2.40 bits per heavy atom. The number of hydrogen-bond acceptors (Lipinski definition) is 4. The minimum absolute atomic E-state index is 0.0673. The lowest BCUT2D eigenvalue weighted by Gasteiger charge is -2.13. The number of carbonyl (C=O) groups excluding carboxylic acids is 2. The van der Waals surface area contributed by atoms with Gasteiger partial charge in [-0.3, -0.25) is 9.59 Å². The Hall–Kier alpha value is -3.51. The fraction of sp³-hybridized carbons (Fsp3) is 0.130. The summed E-state index contributed by atoms with van der Waals surface area (Å²) in [5.41, 5.74) is 2.66. The third-order valence-corrected chi connectivity index (χ3v) is 4.60. The van der Waals surface area contributed by atoms with Gasteiger partial charge in [0.15, 0.2) is 0 Å². The molecule has 3 aromatic carbocycles. The van der Waals surface area contributed by atoms with Gasteiger partial charge in [-0.05, 0) is 54.1 Å². The number of para-hydroxylation sites is 2. The second kappa shape index (κ2) is 10.3. The molecule has 0 aliphatic heterocycles. The number of rotatable bonds is 8. The summed E-state index contributed by atoms with van der Waals surface area (Å²) in [6, 6.07) is 21.3. The van der Waals surface area contributed by atoms with Crippen LogP contribution in [-0.4, -0.2) is 25.5 Å². The van der Waals surface area contributed by atoms with Crippen molar-refractivity contribution in [2.75, 3.05) is 24.3 Å². The van der Waals surface area contributed by atoms with E-state index in [2.05, 4.69) is 16.0 Å². The Balaban J connectivity index is 1.55. The molecule has 30 heavy (non-hydrogen) atoms. The maximum atomic E-state index is 12.5. The van der Waals surface area contributed by atoms with Crippen molar-refractivity contribution in [2.45, 2.75) is 6.54 Å². The third kappa shape index (κ3) is 5.99. The molecule has 154 valence electrons. The van der Waals surface area contributed by atoms with E-state index >= 15 is 0 Å². The Morgan fingerprint density at radius 2 is 1.67 bits per heavy atom. The number of halogens is 1. The number of anilines is 2. The van der Waals surface area contributed by atoms with Gasteiger partial charge in [0.2, 0.25) is 5.91 Å². The maximum Gasteiger partial charge on any atom is 0.255 e. The van der Waals surface area contributed by atoms with Crippen LogP contribution < -0.4 is 20.7 Å². The van der Waals surface area contributed by atoms with Gasteiger partial charge in [0.25, 0.3) is 5.91 Å².